The van der Waals surface area contributed by atoms with Crippen molar-refractivity contribution in [3.8, 4) is 51.0 Å². The van der Waals surface area contributed by atoms with Crippen LogP contribution in [0.3, 0.4) is 0 Å². The summed E-state index contributed by atoms with van der Waals surface area (Å²) >= 11 is 0. The molecule has 50 heavy (non-hydrogen) atoms. The maximum atomic E-state index is 6.52. The van der Waals surface area contributed by atoms with E-state index in [4.69, 9.17) is 19.4 Å². The predicted molar refractivity (Wildman–Crippen MR) is 203 cm³/mol. The molecule has 0 atom stereocenters. The van der Waals surface area contributed by atoms with Gasteiger partial charge in [0.05, 0.1) is 11.0 Å². The molecule has 0 aliphatic rings. The summed E-state index contributed by atoms with van der Waals surface area (Å²) in [5, 5.41) is 4.52. The van der Waals surface area contributed by atoms with Crippen molar-refractivity contribution >= 4 is 43.7 Å². The summed E-state index contributed by atoms with van der Waals surface area (Å²) in [5.41, 5.74) is 10.2. The molecule has 234 valence electrons. The van der Waals surface area contributed by atoms with Crippen molar-refractivity contribution < 1.29 is 4.42 Å². The van der Waals surface area contributed by atoms with E-state index in [2.05, 4.69) is 102 Å². The third-order valence-corrected chi connectivity index (χ3v) is 9.45. The molecule has 3 aromatic heterocycles. The molecule has 5 heteroatoms. The minimum absolute atomic E-state index is 0.616. The van der Waals surface area contributed by atoms with E-state index in [1.165, 1.54) is 21.9 Å². The van der Waals surface area contributed by atoms with Gasteiger partial charge in [-0.15, -0.1) is 0 Å². The maximum Gasteiger partial charge on any atom is 0.164 e. The van der Waals surface area contributed by atoms with Crippen LogP contribution in [0.15, 0.2) is 174 Å². The van der Waals surface area contributed by atoms with Gasteiger partial charge >= 0.3 is 0 Å². The van der Waals surface area contributed by atoms with E-state index in [1.54, 1.807) is 0 Å². The van der Waals surface area contributed by atoms with Gasteiger partial charge in [0.15, 0.2) is 17.5 Å². The van der Waals surface area contributed by atoms with Crippen LogP contribution in [0, 0.1) is 0 Å². The molecule has 0 bridgehead atoms. The Hall–Kier alpha value is -6.85. The second-order valence-corrected chi connectivity index (χ2v) is 12.5. The Morgan fingerprint density at radius 1 is 0.380 bits per heavy atom. The van der Waals surface area contributed by atoms with E-state index in [9.17, 15) is 0 Å². The van der Waals surface area contributed by atoms with Crippen molar-refractivity contribution in [2.75, 3.05) is 0 Å². The Morgan fingerprint density at radius 2 is 0.980 bits per heavy atom. The number of para-hydroxylation sites is 1. The van der Waals surface area contributed by atoms with Gasteiger partial charge in [0.1, 0.15) is 11.2 Å². The first kappa shape index (κ1) is 28.2. The topological polar surface area (TPSA) is 56.7 Å². The molecule has 7 aromatic carbocycles. The minimum atomic E-state index is 0.616. The van der Waals surface area contributed by atoms with E-state index in [-0.39, 0.29) is 0 Å². The largest absolute Gasteiger partial charge is 0.456 e. The highest BCUT2D eigenvalue weighted by Crippen LogP contribution is 2.40. The molecular weight excluding hydrogens is 613 g/mol. The number of benzene rings is 7. The van der Waals surface area contributed by atoms with Gasteiger partial charge in [-0.25, -0.2) is 15.0 Å². The van der Waals surface area contributed by atoms with Crippen LogP contribution in [0.4, 0.5) is 0 Å². The molecule has 0 spiro atoms. The van der Waals surface area contributed by atoms with Crippen LogP contribution in [0.5, 0.6) is 0 Å². The van der Waals surface area contributed by atoms with Crippen LogP contribution >= 0.6 is 0 Å². The number of rotatable bonds is 5. The van der Waals surface area contributed by atoms with E-state index >= 15 is 0 Å². The van der Waals surface area contributed by atoms with Crippen molar-refractivity contribution in [2.45, 2.75) is 0 Å². The van der Waals surface area contributed by atoms with Gasteiger partial charge in [-0.05, 0) is 53.6 Å². The van der Waals surface area contributed by atoms with Gasteiger partial charge < -0.3 is 8.98 Å². The summed E-state index contributed by atoms with van der Waals surface area (Å²) in [7, 11) is 0. The van der Waals surface area contributed by atoms with E-state index in [1.807, 2.05) is 72.8 Å². The lowest BCUT2D eigenvalue weighted by Gasteiger charge is -2.09. The van der Waals surface area contributed by atoms with Crippen LogP contribution in [0.2, 0.25) is 0 Å². The summed E-state index contributed by atoms with van der Waals surface area (Å²) in [4.78, 5) is 14.8. The molecule has 10 aromatic rings. The van der Waals surface area contributed by atoms with Gasteiger partial charge in [-0.1, -0.05) is 121 Å². The van der Waals surface area contributed by atoms with Crippen LogP contribution in [-0.4, -0.2) is 19.5 Å². The molecule has 0 saturated carbocycles. The van der Waals surface area contributed by atoms with Crippen molar-refractivity contribution in [2.24, 2.45) is 0 Å². The van der Waals surface area contributed by atoms with Crippen molar-refractivity contribution in [1.82, 2.24) is 19.5 Å². The predicted octanol–water partition coefficient (Wildman–Crippen LogP) is 11.5. The fourth-order valence-corrected chi connectivity index (χ4v) is 7.14. The zero-order chi connectivity index (χ0) is 33.0. The van der Waals surface area contributed by atoms with Gasteiger partial charge in [0, 0.05) is 50.0 Å². The molecule has 0 saturated heterocycles. The standard InChI is InChI=1S/C45H28N4O/c1-4-13-29(14-5-1)34-20-12-22-39-42(34)36-19-10-11-21-38(36)49(39)33-24-25-35-37-27-32(23-26-40(37)50-41(35)28-33)45-47-43(30-15-6-2-7-16-30)46-44(48-45)31-17-8-3-9-18-31/h1-28H. The van der Waals surface area contributed by atoms with Crippen molar-refractivity contribution in [3.63, 3.8) is 0 Å². The van der Waals surface area contributed by atoms with E-state index in [0.29, 0.717) is 17.5 Å². The Balaban J connectivity index is 1.12. The average molecular weight is 641 g/mol. The Labute approximate surface area is 287 Å². The second kappa shape index (κ2) is 11.4. The summed E-state index contributed by atoms with van der Waals surface area (Å²) in [5.74, 6) is 1.89. The van der Waals surface area contributed by atoms with Crippen LogP contribution in [0.1, 0.15) is 0 Å². The molecule has 0 radical (unpaired) electrons. The third-order valence-electron chi connectivity index (χ3n) is 9.45. The quantitative estimate of drug-likeness (QED) is 0.188. The number of furan rings is 1. The lowest BCUT2D eigenvalue weighted by Crippen LogP contribution is -2.00. The smallest absolute Gasteiger partial charge is 0.164 e. The average Bonchev–Trinajstić information content (AvgIpc) is 3.73. The van der Waals surface area contributed by atoms with Crippen LogP contribution < -0.4 is 0 Å². The van der Waals surface area contributed by atoms with Gasteiger partial charge in [0.2, 0.25) is 0 Å². The molecular formula is C45H28N4O. The summed E-state index contributed by atoms with van der Waals surface area (Å²) in [6.45, 7) is 0. The van der Waals surface area contributed by atoms with Crippen LogP contribution in [0.25, 0.3) is 94.7 Å². The second-order valence-electron chi connectivity index (χ2n) is 12.5. The Bertz CT molecular complexity index is 2800. The zero-order valence-electron chi connectivity index (χ0n) is 26.9. The lowest BCUT2D eigenvalue weighted by molar-refractivity contribution is 0.668. The number of nitrogens with zero attached hydrogens (tertiary/aromatic N) is 4. The minimum Gasteiger partial charge on any atom is -0.456 e. The van der Waals surface area contributed by atoms with Crippen molar-refractivity contribution in [1.29, 1.82) is 0 Å². The Morgan fingerprint density at radius 3 is 1.68 bits per heavy atom. The van der Waals surface area contributed by atoms with Crippen molar-refractivity contribution in [3.05, 3.63) is 170 Å². The number of hydrogen-bond donors (Lipinski definition) is 0. The molecule has 10 rings (SSSR count). The van der Waals surface area contributed by atoms with E-state index in [0.717, 1.165) is 55.3 Å². The van der Waals surface area contributed by atoms with Gasteiger partial charge in [-0.2, -0.15) is 0 Å². The zero-order valence-corrected chi connectivity index (χ0v) is 26.9. The van der Waals surface area contributed by atoms with Gasteiger partial charge in [-0.3, -0.25) is 0 Å². The molecule has 0 fully saturated rings. The fraction of sp³-hybridized carbons (Fsp3) is 0. The highest BCUT2D eigenvalue weighted by Gasteiger charge is 2.18. The first-order chi connectivity index (χ1) is 24.8. The van der Waals surface area contributed by atoms with Gasteiger partial charge in [0.25, 0.3) is 0 Å². The monoisotopic (exact) mass is 640 g/mol. The molecule has 5 nitrogen and oxygen atoms in total. The van der Waals surface area contributed by atoms with E-state index < -0.39 is 0 Å². The molecule has 0 aliphatic carbocycles. The molecule has 0 aliphatic heterocycles. The molecule has 0 amide bonds. The third kappa shape index (κ3) is 4.60. The van der Waals surface area contributed by atoms with Crippen LogP contribution in [-0.2, 0) is 0 Å². The summed E-state index contributed by atoms with van der Waals surface area (Å²) in [6, 6.07) is 58.6. The highest BCUT2D eigenvalue weighted by atomic mass is 16.3. The highest BCUT2D eigenvalue weighted by molar-refractivity contribution is 6.16. The summed E-state index contributed by atoms with van der Waals surface area (Å²) < 4.78 is 8.86. The maximum absolute atomic E-state index is 6.52. The summed E-state index contributed by atoms with van der Waals surface area (Å²) in [6.07, 6.45) is 0. The SMILES string of the molecule is c1ccc(-c2nc(-c3ccccc3)nc(-c3ccc4oc5cc(-n6c7ccccc7c7c(-c8ccccc8)cccc76)ccc5c4c3)n2)cc1. The normalized spacial score (nSPS) is 11.6. The first-order valence-corrected chi connectivity index (χ1v) is 16.7. The number of aromatic nitrogens is 4. The molecule has 0 N–H and O–H groups in total. The molecule has 0 unspecified atom stereocenters. The first-order valence-electron chi connectivity index (χ1n) is 16.7. The fourth-order valence-electron chi connectivity index (χ4n) is 7.14. The molecule has 3 heterocycles. The Kier molecular flexibility index (Phi) is 6.42. The lowest BCUT2D eigenvalue weighted by atomic mass is 9.99. The number of hydrogen-bond acceptors (Lipinski definition) is 4. The number of fused-ring (bicyclic) bond motifs is 6.